The fourth-order valence-electron chi connectivity index (χ4n) is 2.79. The number of carboxylic acid groups (broad SMARTS) is 1. The van der Waals surface area contributed by atoms with Crippen molar-refractivity contribution in [3.05, 3.63) is 24.3 Å². The molecule has 0 atom stereocenters. The van der Waals surface area contributed by atoms with Gasteiger partial charge in [0.15, 0.2) is 0 Å². The average Bonchev–Trinajstić information content (AvgIpc) is 2.75. The van der Waals surface area contributed by atoms with Crippen LogP contribution in [-0.4, -0.2) is 25.0 Å². The predicted octanol–water partition coefficient (Wildman–Crippen LogP) is 1.53. The molecule has 6 nitrogen and oxygen atoms in total. The third kappa shape index (κ3) is 3.29. The summed E-state index contributed by atoms with van der Waals surface area (Å²) in [5.74, 6) is -0.896. The molecule has 2 rings (SSSR count). The normalized spacial score (nSPS) is 17.9. The molecule has 1 aliphatic carbocycles. The summed E-state index contributed by atoms with van der Waals surface area (Å²) in [6.45, 7) is 0. The number of anilines is 1. The van der Waals surface area contributed by atoms with Gasteiger partial charge in [-0.1, -0.05) is 25.0 Å². The van der Waals surface area contributed by atoms with Crippen molar-refractivity contribution >= 4 is 21.7 Å². The number of nitrogens with one attached hydrogen (secondary N) is 1. The van der Waals surface area contributed by atoms with Gasteiger partial charge in [-0.2, -0.15) is 0 Å². The van der Waals surface area contributed by atoms with Crippen LogP contribution in [0.15, 0.2) is 29.2 Å². The van der Waals surface area contributed by atoms with E-state index in [0.29, 0.717) is 18.5 Å². The lowest BCUT2D eigenvalue weighted by atomic mass is 9.93. The summed E-state index contributed by atoms with van der Waals surface area (Å²) in [5.41, 5.74) is -0.217. The van der Waals surface area contributed by atoms with E-state index in [9.17, 15) is 13.2 Å². The fraction of sp³-hybridized carbons (Fsp3) is 0.462. The molecule has 0 aliphatic heterocycles. The Morgan fingerprint density at radius 1 is 1.30 bits per heavy atom. The van der Waals surface area contributed by atoms with Crippen LogP contribution in [0, 0.1) is 0 Å². The minimum atomic E-state index is -3.84. The first kappa shape index (κ1) is 14.8. The van der Waals surface area contributed by atoms with Crippen LogP contribution in [0.25, 0.3) is 0 Å². The second kappa shape index (κ2) is 5.41. The van der Waals surface area contributed by atoms with Crippen molar-refractivity contribution in [3.8, 4) is 0 Å². The highest BCUT2D eigenvalue weighted by Crippen LogP contribution is 2.37. The number of carboxylic acids is 1. The van der Waals surface area contributed by atoms with E-state index >= 15 is 0 Å². The third-order valence-corrected chi connectivity index (χ3v) is 4.61. The lowest BCUT2D eigenvalue weighted by Crippen LogP contribution is -2.38. The Bertz CT molecular complexity index is 607. The molecule has 20 heavy (non-hydrogen) atoms. The van der Waals surface area contributed by atoms with Crippen LogP contribution in [0.2, 0.25) is 0 Å². The minimum absolute atomic E-state index is 0.00309. The van der Waals surface area contributed by atoms with E-state index in [-0.39, 0.29) is 11.3 Å². The van der Waals surface area contributed by atoms with Gasteiger partial charge in [-0.05, 0) is 25.0 Å². The molecule has 0 spiro atoms. The van der Waals surface area contributed by atoms with Gasteiger partial charge in [0.1, 0.15) is 4.90 Å². The van der Waals surface area contributed by atoms with E-state index in [1.54, 1.807) is 18.2 Å². The van der Waals surface area contributed by atoms with Crippen LogP contribution in [0.3, 0.4) is 0 Å². The summed E-state index contributed by atoms with van der Waals surface area (Å²) in [6, 6.07) is 6.31. The average molecular weight is 298 g/mol. The lowest BCUT2D eigenvalue weighted by molar-refractivity contribution is -0.138. The highest BCUT2D eigenvalue weighted by Gasteiger charge is 2.36. The standard InChI is InChI=1S/C13H18N2O4S/c14-20(18,19)11-6-2-1-5-10(11)15-13(9-12(16)17)7-3-4-8-13/h1-2,5-6,15H,3-4,7-9H2,(H,16,17)(H2,14,18,19). The molecule has 0 amide bonds. The van der Waals surface area contributed by atoms with Crippen molar-refractivity contribution in [2.75, 3.05) is 5.32 Å². The second-order valence-corrected chi connectivity index (χ2v) is 6.75. The number of nitrogens with two attached hydrogens (primary N) is 1. The molecule has 1 aromatic carbocycles. The summed E-state index contributed by atoms with van der Waals surface area (Å²) in [7, 11) is -3.84. The van der Waals surface area contributed by atoms with Crippen molar-refractivity contribution in [2.45, 2.75) is 42.5 Å². The van der Waals surface area contributed by atoms with E-state index in [1.807, 2.05) is 0 Å². The molecule has 7 heteroatoms. The molecule has 0 saturated heterocycles. The molecule has 1 aliphatic rings. The number of primary sulfonamides is 1. The number of benzene rings is 1. The van der Waals surface area contributed by atoms with E-state index < -0.39 is 21.5 Å². The molecule has 110 valence electrons. The zero-order valence-corrected chi connectivity index (χ0v) is 11.8. The first-order valence-electron chi connectivity index (χ1n) is 6.44. The van der Waals surface area contributed by atoms with E-state index in [4.69, 9.17) is 10.2 Å². The molecule has 1 fully saturated rings. The smallest absolute Gasteiger partial charge is 0.305 e. The van der Waals surface area contributed by atoms with Crippen LogP contribution in [-0.2, 0) is 14.8 Å². The number of hydrogen-bond donors (Lipinski definition) is 3. The highest BCUT2D eigenvalue weighted by molar-refractivity contribution is 7.89. The SMILES string of the molecule is NS(=O)(=O)c1ccccc1NC1(CC(=O)O)CCCC1. The predicted molar refractivity (Wildman–Crippen MR) is 74.9 cm³/mol. The van der Waals surface area contributed by atoms with Crippen molar-refractivity contribution in [2.24, 2.45) is 5.14 Å². The molecule has 4 N–H and O–H groups in total. The molecule has 0 unspecified atom stereocenters. The molecule has 0 aromatic heterocycles. The van der Waals surface area contributed by atoms with E-state index in [1.165, 1.54) is 6.07 Å². The first-order valence-corrected chi connectivity index (χ1v) is 7.99. The number of aliphatic carboxylic acids is 1. The Labute approximate surface area is 118 Å². The summed E-state index contributed by atoms with van der Waals surface area (Å²) in [5, 5.41) is 17.4. The van der Waals surface area contributed by atoms with Crippen molar-refractivity contribution in [3.63, 3.8) is 0 Å². The zero-order valence-electron chi connectivity index (χ0n) is 11.0. The summed E-state index contributed by atoms with van der Waals surface area (Å²) < 4.78 is 23.2. The van der Waals surface area contributed by atoms with Gasteiger partial charge >= 0.3 is 5.97 Å². The Morgan fingerprint density at radius 3 is 2.45 bits per heavy atom. The van der Waals surface area contributed by atoms with Gasteiger partial charge in [-0.15, -0.1) is 0 Å². The van der Waals surface area contributed by atoms with Crippen molar-refractivity contribution in [1.29, 1.82) is 0 Å². The third-order valence-electron chi connectivity index (χ3n) is 3.64. The monoisotopic (exact) mass is 298 g/mol. The molecule has 0 bridgehead atoms. The van der Waals surface area contributed by atoms with Gasteiger partial charge in [0, 0.05) is 5.54 Å². The number of carbonyl (C=O) groups is 1. The zero-order chi connectivity index (χ0) is 14.8. The molecule has 1 aromatic rings. The lowest BCUT2D eigenvalue weighted by Gasteiger charge is -2.30. The maximum atomic E-state index is 11.6. The van der Waals surface area contributed by atoms with E-state index in [0.717, 1.165) is 12.8 Å². The fourth-order valence-corrected chi connectivity index (χ4v) is 3.48. The van der Waals surface area contributed by atoms with Gasteiger partial charge in [0.25, 0.3) is 0 Å². The van der Waals surface area contributed by atoms with Gasteiger partial charge in [0.05, 0.1) is 12.1 Å². The topological polar surface area (TPSA) is 109 Å². The number of rotatable bonds is 5. The van der Waals surface area contributed by atoms with Crippen LogP contribution in [0.5, 0.6) is 0 Å². The maximum absolute atomic E-state index is 11.6. The Morgan fingerprint density at radius 2 is 1.90 bits per heavy atom. The Kier molecular flexibility index (Phi) is 4.01. The highest BCUT2D eigenvalue weighted by atomic mass is 32.2. The Balaban J connectivity index is 2.35. The maximum Gasteiger partial charge on any atom is 0.305 e. The summed E-state index contributed by atoms with van der Waals surface area (Å²) in [6.07, 6.45) is 3.23. The van der Waals surface area contributed by atoms with Gasteiger partial charge in [-0.3, -0.25) is 4.79 Å². The Hall–Kier alpha value is -1.60. The molecule has 1 saturated carbocycles. The number of para-hydroxylation sites is 1. The molecule has 0 heterocycles. The second-order valence-electron chi connectivity index (χ2n) is 5.22. The van der Waals surface area contributed by atoms with Crippen LogP contribution >= 0.6 is 0 Å². The summed E-state index contributed by atoms with van der Waals surface area (Å²) >= 11 is 0. The van der Waals surface area contributed by atoms with Gasteiger partial charge in [0.2, 0.25) is 10.0 Å². The molecular formula is C13H18N2O4S. The largest absolute Gasteiger partial charge is 0.481 e. The van der Waals surface area contributed by atoms with Crippen LogP contribution < -0.4 is 10.5 Å². The van der Waals surface area contributed by atoms with Crippen molar-refractivity contribution in [1.82, 2.24) is 0 Å². The summed E-state index contributed by atoms with van der Waals surface area (Å²) in [4.78, 5) is 11.0. The number of hydrogen-bond acceptors (Lipinski definition) is 4. The van der Waals surface area contributed by atoms with Crippen LogP contribution in [0.1, 0.15) is 32.1 Å². The van der Waals surface area contributed by atoms with Crippen LogP contribution in [0.4, 0.5) is 5.69 Å². The molecule has 0 radical (unpaired) electrons. The van der Waals surface area contributed by atoms with Gasteiger partial charge in [-0.25, -0.2) is 13.6 Å². The molecular weight excluding hydrogens is 280 g/mol. The first-order chi connectivity index (χ1) is 9.32. The number of sulfonamides is 1. The minimum Gasteiger partial charge on any atom is -0.481 e. The van der Waals surface area contributed by atoms with Gasteiger partial charge < -0.3 is 10.4 Å². The quantitative estimate of drug-likeness (QED) is 0.763. The van der Waals surface area contributed by atoms with E-state index in [2.05, 4.69) is 5.32 Å². The van der Waals surface area contributed by atoms with Crippen molar-refractivity contribution < 1.29 is 18.3 Å².